The number of likely N-dealkylation sites (tertiary alicyclic amines) is 1. The minimum absolute atomic E-state index is 0. The van der Waals surface area contributed by atoms with Crippen LogP contribution in [0.2, 0.25) is 10.2 Å². The van der Waals surface area contributed by atoms with Crippen LogP contribution in [0, 0.1) is 6.92 Å². The molecule has 0 atom stereocenters. The lowest BCUT2D eigenvalue weighted by atomic mass is 9.87. The van der Waals surface area contributed by atoms with Gasteiger partial charge in [-0.15, -0.1) is 0 Å². The number of halogens is 3. The molecule has 2 N–H and O–H groups in total. The van der Waals surface area contributed by atoms with Gasteiger partial charge in [0.05, 0.1) is 18.1 Å². The molecule has 0 spiro atoms. The molecule has 38 heavy (non-hydrogen) atoms. The maximum atomic E-state index is 12.9. The second-order valence-corrected chi connectivity index (χ2v) is 10.4. The molecule has 5 rings (SSSR count). The zero-order valence-corrected chi connectivity index (χ0v) is 23.2. The van der Waals surface area contributed by atoms with Gasteiger partial charge in [0.2, 0.25) is 0 Å². The molecular formula is C29H28Cl3N5O. The molecule has 0 bridgehead atoms. The lowest BCUT2D eigenvalue weighted by Crippen LogP contribution is -3.11. The second kappa shape index (κ2) is 12.7. The fraction of sp³-hybridized carbons (Fsp3) is 0.241. The Morgan fingerprint density at radius 3 is 2.37 bits per heavy atom. The highest BCUT2D eigenvalue weighted by Gasteiger charge is 2.26. The van der Waals surface area contributed by atoms with Crippen LogP contribution in [0.5, 0.6) is 0 Å². The topological polar surface area (TPSA) is 72.2 Å². The molecule has 2 aromatic heterocycles. The summed E-state index contributed by atoms with van der Waals surface area (Å²) in [6.45, 7) is 5.23. The highest BCUT2D eigenvalue weighted by atomic mass is 35.5. The van der Waals surface area contributed by atoms with E-state index in [1.165, 1.54) is 16.7 Å². The van der Waals surface area contributed by atoms with E-state index in [4.69, 9.17) is 23.2 Å². The SMILES string of the molecule is Cc1ccc(NC(=O)c2ccnc(Cl)c2)c(C2CC[NH+](Cc3ccc(-c4ncc(Cl)cn4)cc3)CC2)c1.[Cl-]. The molecule has 1 saturated heterocycles. The van der Waals surface area contributed by atoms with E-state index in [0.717, 1.165) is 43.7 Å². The third-order valence-electron chi connectivity index (χ3n) is 6.86. The van der Waals surface area contributed by atoms with Crippen molar-refractivity contribution in [3.05, 3.63) is 106 Å². The summed E-state index contributed by atoms with van der Waals surface area (Å²) >= 11 is 11.9. The number of rotatable bonds is 6. The van der Waals surface area contributed by atoms with Gasteiger partial charge >= 0.3 is 0 Å². The number of carbonyl (C=O) groups is 1. The number of anilines is 1. The molecule has 1 amide bonds. The third kappa shape index (κ3) is 6.88. The number of piperidine rings is 1. The summed E-state index contributed by atoms with van der Waals surface area (Å²) in [5.74, 6) is 0.909. The number of nitrogens with one attached hydrogen (secondary N) is 2. The van der Waals surface area contributed by atoms with Crippen molar-refractivity contribution in [3.8, 4) is 11.4 Å². The Balaban J connectivity index is 0.00000336. The maximum Gasteiger partial charge on any atom is 0.255 e. The molecule has 2 aromatic carbocycles. The lowest BCUT2D eigenvalue weighted by Gasteiger charge is -2.31. The van der Waals surface area contributed by atoms with Crippen LogP contribution in [-0.4, -0.2) is 33.9 Å². The van der Waals surface area contributed by atoms with Crippen molar-refractivity contribution in [3.63, 3.8) is 0 Å². The second-order valence-electron chi connectivity index (χ2n) is 9.53. The van der Waals surface area contributed by atoms with E-state index in [2.05, 4.69) is 57.5 Å². The van der Waals surface area contributed by atoms with Gasteiger partial charge in [-0.2, -0.15) is 0 Å². The standard InChI is InChI=1S/C29H27Cl2N5O.ClH/c1-19-2-7-26(35-29(37)23-8-11-32-27(31)15-23)25(14-19)21-9-12-36(13-10-21)18-20-3-5-22(6-4-20)28-33-16-24(30)17-34-28;/h2-8,11,14-17,21H,9-10,12-13,18H2,1H3,(H,35,37);1H. The fourth-order valence-corrected chi connectivity index (χ4v) is 5.18. The first-order valence-electron chi connectivity index (χ1n) is 12.4. The molecule has 3 heterocycles. The number of nitrogens with zero attached hydrogens (tertiary/aromatic N) is 3. The fourth-order valence-electron chi connectivity index (χ4n) is 4.91. The summed E-state index contributed by atoms with van der Waals surface area (Å²) in [5, 5.41) is 3.94. The van der Waals surface area contributed by atoms with Crippen molar-refractivity contribution in [1.82, 2.24) is 15.0 Å². The van der Waals surface area contributed by atoms with Crippen molar-refractivity contribution in [1.29, 1.82) is 0 Å². The quantitative estimate of drug-likeness (QED) is 0.351. The number of amides is 1. The number of pyridine rings is 1. The molecule has 0 aliphatic carbocycles. The number of hydrogen-bond donors (Lipinski definition) is 2. The van der Waals surface area contributed by atoms with Gasteiger partial charge in [-0.1, -0.05) is 65.2 Å². The van der Waals surface area contributed by atoms with E-state index in [9.17, 15) is 4.79 Å². The van der Waals surface area contributed by atoms with Crippen LogP contribution in [0.25, 0.3) is 11.4 Å². The molecule has 0 unspecified atom stereocenters. The molecule has 1 fully saturated rings. The minimum Gasteiger partial charge on any atom is -1.00 e. The van der Waals surface area contributed by atoms with E-state index < -0.39 is 0 Å². The summed E-state index contributed by atoms with van der Waals surface area (Å²) in [6, 6.07) is 18.0. The Morgan fingerprint density at radius 1 is 0.974 bits per heavy atom. The Labute approximate surface area is 238 Å². The van der Waals surface area contributed by atoms with Gasteiger partial charge in [-0.05, 0) is 36.6 Å². The molecule has 1 aliphatic heterocycles. The van der Waals surface area contributed by atoms with Crippen molar-refractivity contribution in [2.75, 3.05) is 18.4 Å². The third-order valence-corrected chi connectivity index (χ3v) is 7.27. The molecule has 0 radical (unpaired) electrons. The number of hydrogen-bond acceptors (Lipinski definition) is 4. The van der Waals surface area contributed by atoms with Crippen LogP contribution in [-0.2, 0) is 6.54 Å². The van der Waals surface area contributed by atoms with Gasteiger partial charge in [0.1, 0.15) is 11.7 Å². The molecule has 196 valence electrons. The van der Waals surface area contributed by atoms with Crippen molar-refractivity contribution in [2.24, 2.45) is 0 Å². The highest BCUT2D eigenvalue weighted by molar-refractivity contribution is 6.30. The van der Waals surface area contributed by atoms with Crippen LogP contribution >= 0.6 is 23.2 Å². The molecule has 0 saturated carbocycles. The molecule has 6 nitrogen and oxygen atoms in total. The number of benzene rings is 2. The summed E-state index contributed by atoms with van der Waals surface area (Å²) in [7, 11) is 0. The monoisotopic (exact) mass is 567 g/mol. The Kier molecular flexibility index (Phi) is 9.34. The number of aromatic nitrogens is 3. The minimum atomic E-state index is -0.176. The van der Waals surface area contributed by atoms with E-state index in [0.29, 0.717) is 27.5 Å². The first-order chi connectivity index (χ1) is 17.9. The maximum absolute atomic E-state index is 12.9. The van der Waals surface area contributed by atoms with Crippen LogP contribution < -0.4 is 22.6 Å². The largest absolute Gasteiger partial charge is 1.00 e. The number of carbonyl (C=O) groups excluding carboxylic acids is 1. The van der Waals surface area contributed by atoms with Gasteiger partial charge < -0.3 is 22.6 Å². The number of aryl methyl sites for hydroxylation is 1. The van der Waals surface area contributed by atoms with E-state index >= 15 is 0 Å². The van der Waals surface area contributed by atoms with Crippen molar-refractivity contribution < 1.29 is 22.1 Å². The van der Waals surface area contributed by atoms with Gasteiger partial charge in [0, 0.05) is 53.8 Å². The van der Waals surface area contributed by atoms with E-state index in [1.54, 1.807) is 35.6 Å². The first-order valence-corrected chi connectivity index (χ1v) is 13.1. The van der Waals surface area contributed by atoms with Crippen LogP contribution in [0.3, 0.4) is 0 Å². The van der Waals surface area contributed by atoms with E-state index in [-0.39, 0.29) is 18.3 Å². The van der Waals surface area contributed by atoms with Crippen molar-refractivity contribution >= 4 is 34.8 Å². The predicted molar refractivity (Wildman–Crippen MR) is 147 cm³/mol. The zero-order valence-electron chi connectivity index (χ0n) is 20.9. The summed E-state index contributed by atoms with van der Waals surface area (Å²) < 4.78 is 0. The van der Waals surface area contributed by atoms with Crippen LogP contribution in [0.1, 0.15) is 45.8 Å². The van der Waals surface area contributed by atoms with Crippen LogP contribution in [0.4, 0.5) is 5.69 Å². The lowest BCUT2D eigenvalue weighted by molar-refractivity contribution is -0.919. The van der Waals surface area contributed by atoms with Gasteiger partial charge in [-0.3, -0.25) is 4.79 Å². The smallest absolute Gasteiger partial charge is 0.255 e. The Morgan fingerprint density at radius 2 is 1.68 bits per heavy atom. The predicted octanol–water partition coefficient (Wildman–Crippen LogP) is 2.37. The normalized spacial score (nSPS) is 16.9. The Hall–Kier alpha value is -3.03. The average Bonchev–Trinajstić information content (AvgIpc) is 2.91. The van der Waals surface area contributed by atoms with Crippen LogP contribution in [0.15, 0.2) is 73.2 Å². The Bertz CT molecular complexity index is 1390. The average molecular weight is 569 g/mol. The summed E-state index contributed by atoms with van der Waals surface area (Å²) in [5.41, 5.74) is 6.05. The summed E-state index contributed by atoms with van der Waals surface area (Å²) in [4.78, 5) is 27.0. The van der Waals surface area contributed by atoms with Gasteiger partial charge in [0.25, 0.3) is 5.91 Å². The molecule has 1 aliphatic rings. The van der Waals surface area contributed by atoms with Gasteiger partial charge in [-0.25, -0.2) is 15.0 Å². The van der Waals surface area contributed by atoms with E-state index in [1.807, 2.05) is 12.1 Å². The number of quaternary nitrogens is 1. The van der Waals surface area contributed by atoms with Gasteiger partial charge in [0.15, 0.2) is 5.82 Å². The summed E-state index contributed by atoms with van der Waals surface area (Å²) in [6.07, 6.45) is 6.92. The zero-order chi connectivity index (χ0) is 25.8. The molecule has 4 aromatic rings. The van der Waals surface area contributed by atoms with Crippen molar-refractivity contribution in [2.45, 2.75) is 32.2 Å². The first kappa shape index (κ1) is 28.0. The molecular weight excluding hydrogens is 541 g/mol. The highest BCUT2D eigenvalue weighted by Crippen LogP contribution is 2.32. The molecule has 9 heteroatoms.